The molecule has 2 aromatic heterocycles. The number of amides is 2. The predicted octanol–water partition coefficient (Wildman–Crippen LogP) is 4.23. The second-order valence-corrected chi connectivity index (χ2v) is 6.50. The first-order chi connectivity index (χ1) is 13.7. The molecule has 6 nitrogen and oxygen atoms in total. The van der Waals surface area contributed by atoms with Gasteiger partial charge in [0, 0.05) is 30.5 Å². The molecular formula is C22H21N5O. The maximum atomic E-state index is 12.2. The number of carbonyl (C=O) groups is 1. The first-order valence-electron chi connectivity index (χ1n) is 9.19. The van der Waals surface area contributed by atoms with Crippen LogP contribution >= 0.6 is 0 Å². The lowest BCUT2D eigenvalue weighted by Crippen LogP contribution is -2.31. The van der Waals surface area contributed by atoms with E-state index in [4.69, 9.17) is 4.98 Å². The highest BCUT2D eigenvalue weighted by Crippen LogP contribution is 2.23. The fourth-order valence-electron chi connectivity index (χ4n) is 3.14. The minimum atomic E-state index is -0.229. The maximum Gasteiger partial charge on any atom is 0.319 e. The van der Waals surface area contributed by atoms with Gasteiger partial charge in [-0.1, -0.05) is 48.5 Å². The van der Waals surface area contributed by atoms with Gasteiger partial charge in [0.1, 0.15) is 11.3 Å². The lowest BCUT2D eigenvalue weighted by molar-refractivity contribution is 0.251. The highest BCUT2D eigenvalue weighted by molar-refractivity contribution is 5.90. The predicted molar refractivity (Wildman–Crippen MR) is 111 cm³/mol. The number of benzene rings is 2. The summed E-state index contributed by atoms with van der Waals surface area (Å²) in [5.41, 5.74) is 4.49. The van der Waals surface area contributed by atoms with E-state index >= 15 is 0 Å². The third kappa shape index (κ3) is 3.71. The van der Waals surface area contributed by atoms with Crippen molar-refractivity contribution in [3.05, 3.63) is 78.5 Å². The lowest BCUT2D eigenvalue weighted by Gasteiger charge is -2.12. The summed E-state index contributed by atoms with van der Waals surface area (Å²) in [5.74, 6) is 0.843. The van der Waals surface area contributed by atoms with Crippen LogP contribution in [0.5, 0.6) is 0 Å². The monoisotopic (exact) mass is 371 g/mol. The molecule has 0 aliphatic heterocycles. The number of anilines is 1. The highest BCUT2D eigenvalue weighted by Gasteiger charge is 2.13. The van der Waals surface area contributed by atoms with Crippen LogP contribution in [0.1, 0.15) is 5.56 Å². The Morgan fingerprint density at radius 2 is 1.79 bits per heavy atom. The zero-order chi connectivity index (χ0) is 19.3. The molecule has 2 aromatic carbocycles. The van der Waals surface area contributed by atoms with Crippen LogP contribution in [0, 0.1) is 6.92 Å². The zero-order valence-corrected chi connectivity index (χ0v) is 15.6. The molecule has 2 heterocycles. The number of hydrogen-bond acceptors (Lipinski definition) is 3. The van der Waals surface area contributed by atoms with Gasteiger partial charge in [0.05, 0.1) is 0 Å². The third-order valence-corrected chi connectivity index (χ3v) is 4.55. The second-order valence-electron chi connectivity index (χ2n) is 6.50. The molecule has 0 fully saturated rings. The van der Waals surface area contributed by atoms with Crippen molar-refractivity contribution in [3.8, 4) is 11.4 Å². The van der Waals surface area contributed by atoms with Gasteiger partial charge in [-0.15, -0.1) is 0 Å². The van der Waals surface area contributed by atoms with E-state index in [0.29, 0.717) is 13.1 Å². The summed E-state index contributed by atoms with van der Waals surface area (Å²) < 4.78 is 2.04. The number of urea groups is 1. The Morgan fingerprint density at radius 1 is 1.00 bits per heavy atom. The van der Waals surface area contributed by atoms with Crippen LogP contribution in [0.25, 0.3) is 22.6 Å². The van der Waals surface area contributed by atoms with Crippen LogP contribution in [-0.4, -0.2) is 27.1 Å². The molecule has 6 heteroatoms. The van der Waals surface area contributed by atoms with Gasteiger partial charge in [0.15, 0.2) is 5.65 Å². The van der Waals surface area contributed by atoms with Crippen LogP contribution in [-0.2, 0) is 6.54 Å². The van der Waals surface area contributed by atoms with Crippen LogP contribution in [0.15, 0.2) is 72.9 Å². The number of nitrogens with zero attached hydrogens (tertiary/aromatic N) is 3. The Labute approximate surface area is 163 Å². The van der Waals surface area contributed by atoms with Gasteiger partial charge >= 0.3 is 6.03 Å². The first-order valence-corrected chi connectivity index (χ1v) is 9.19. The van der Waals surface area contributed by atoms with E-state index in [-0.39, 0.29) is 6.03 Å². The molecule has 0 saturated carbocycles. The summed E-state index contributed by atoms with van der Waals surface area (Å²) in [6, 6.07) is 21.3. The Bertz CT molecular complexity index is 1100. The van der Waals surface area contributed by atoms with Gasteiger partial charge in [-0.2, -0.15) is 0 Å². The number of imidazole rings is 1. The average Bonchev–Trinajstić information content (AvgIpc) is 3.09. The normalized spacial score (nSPS) is 10.8. The van der Waals surface area contributed by atoms with Crippen molar-refractivity contribution >= 4 is 22.9 Å². The van der Waals surface area contributed by atoms with E-state index in [2.05, 4.69) is 15.6 Å². The van der Waals surface area contributed by atoms with E-state index in [0.717, 1.165) is 33.8 Å². The molecular weight excluding hydrogens is 350 g/mol. The van der Waals surface area contributed by atoms with E-state index in [1.807, 2.05) is 78.2 Å². The summed E-state index contributed by atoms with van der Waals surface area (Å²) in [7, 11) is 0. The van der Waals surface area contributed by atoms with Crippen molar-refractivity contribution in [3.63, 3.8) is 0 Å². The van der Waals surface area contributed by atoms with E-state index in [9.17, 15) is 4.79 Å². The van der Waals surface area contributed by atoms with E-state index < -0.39 is 0 Å². The molecule has 0 radical (unpaired) electrons. The molecule has 0 bridgehead atoms. The first kappa shape index (κ1) is 17.7. The lowest BCUT2D eigenvalue weighted by atomic mass is 10.2. The van der Waals surface area contributed by atoms with Crippen molar-refractivity contribution in [1.82, 2.24) is 19.9 Å². The molecule has 2 N–H and O–H groups in total. The van der Waals surface area contributed by atoms with Crippen molar-refractivity contribution in [2.45, 2.75) is 13.5 Å². The molecule has 4 aromatic rings. The SMILES string of the molecule is Cc1ccccc1NC(=O)NCCn1c(-c2ccccc2)nc2cccnc21. The fourth-order valence-corrected chi connectivity index (χ4v) is 3.14. The minimum absolute atomic E-state index is 0.229. The molecule has 2 amide bonds. The largest absolute Gasteiger partial charge is 0.336 e. The number of carbonyl (C=O) groups excluding carboxylic acids is 1. The average molecular weight is 371 g/mol. The molecule has 0 atom stereocenters. The topological polar surface area (TPSA) is 71.8 Å². The smallest absolute Gasteiger partial charge is 0.319 e. The molecule has 0 spiro atoms. The third-order valence-electron chi connectivity index (χ3n) is 4.55. The Balaban J connectivity index is 1.50. The summed E-state index contributed by atoms with van der Waals surface area (Å²) >= 11 is 0. The van der Waals surface area contributed by atoms with Gasteiger partial charge in [-0.25, -0.2) is 14.8 Å². The highest BCUT2D eigenvalue weighted by atomic mass is 16.2. The number of hydrogen-bond donors (Lipinski definition) is 2. The summed E-state index contributed by atoms with van der Waals surface area (Å²) in [6.45, 7) is 2.99. The Morgan fingerprint density at radius 3 is 2.61 bits per heavy atom. The van der Waals surface area contributed by atoms with Crippen LogP contribution in [0.2, 0.25) is 0 Å². The maximum absolute atomic E-state index is 12.2. The Kier molecular flexibility index (Phi) is 5.01. The number of nitrogens with one attached hydrogen (secondary N) is 2. The number of aromatic nitrogens is 3. The number of aryl methyl sites for hydroxylation is 1. The quantitative estimate of drug-likeness (QED) is 0.551. The number of pyridine rings is 1. The molecule has 140 valence electrons. The van der Waals surface area contributed by atoms with Gasteiger partial charge in [-0.3, -0.25) is 0 Å². The van der Waals surface area contributed by atoms with Crippen molar-refractivity contribution in [2.75, 3.05) is 11.9 Å². The molecule has 0 aliphatic rings. The van der Waals surface area contributed by atoms with Crippen LogP contribution in [0.3, 0.4) is 0 Å². The van der Waals surface area contributed by atoms with Crippen LogP contribution in [0.4, 0.5) is 10.5 Å². The second kappa shape index (κ2) is 7.92. The molecule has 0 unspecified atom stereocenters. The molecule has 28 heavy (non-hydrogen) atoms. The fraction of sp³-hybridized carbons (Fsp3) is 0.136. The summed E-state index contributed by atoms with van der Waals surface area (Å²) in [6.07, 6.45) is 1.76. The Hall–Kier alpha value is -3.67. The van der Waals surface area contributed by atoms with Gasteiger partial charge in [0.2, 0.25) is 0 Å². The number of para-hydroxylation sites is 1. The van der Waals surface area contributed by atoms with Gasteiger partial charge in [0.25, 0.3) is 0 Å². The van der Waals surface area contributed by atoms with Gasteiger partial charge < -0.3 is 15.2 Å². The van der Waals surface area contributed by atoms with Crippen molar-refractivity contribution < 1.29 is 4.79 Å². The number of fused-ring (bicyclic) bond motifs is 1. The summed E-state index contributed by atoms with van der Waals surface area (Å²) in [4.78, 5) is 21.5. The zero-order valence-electron chi connectivity index (χ0n) is 15.6. The number of rotatable bonds is 5. The van der Waals surface area contributed by atoms with Gasteiger partial charge in [-0.05, 0) is 30.7 Å². The molecule has 0 saturated heterocycles. The molecule has 4 rings (SSSR count). The van der Waals surface area contributed by atoms with Crippen molar-refractivity contribution in [2.24, 2.45) is 0 Å². The van der Waals surface area contributed by atoms with Crippen LogP contribution < -0.4 is 10.6 Å². The van der Waals surface area contributed by atoms with Crippen molar-refractivity contribution in [1.29, 1.82) is 0 Å². The minimum Gasteiger partial charge on any atom is -0.336 e. The molecule has 0 aliphatic carbocycles. The van der Waals surface area contributed by atoms with E-state index in [1.165, 1.54) is 0 Å². The summed E-state index contributed by atoms with van der Waals surface area (Å²) in [5, 5.41) is 5.80. The standard InChI is InChI=1S/C22H21N5O/c1-16-8-5-6-11-18(16)26-22(28)24-14-15-27-20(17-9-3-2-4-10-17)25-19-12-7-13-23-21(19)27/h2-13H,14-15H2,1H3,(H2,24,26,28). The van der Waals surface area contributed by atoms with E-state index in [1.54, 1.807) is 6.20 Å².